The first-order valence-electron chi connectivity index (χ1n) is 28.0. The van der Waals surface area contributed by atoms with Crippen LogP contribution in [0.1, 0.15) is 82.9 Å². The van der Waals surface area contributed by atoms with Gasteiger partial charge in [-0.2, -0.15) is 16.8 Å². The Morgan fingerprint density at radius 1 is 0.578 bits per heavy atom. The molecule has 18 N–H and O–H groups in total. The second-order valence-corrected chi connectivity index (χ2v) is 23.4. The highest BCUT2D eigenvalue weighted by Crippen LogP contribution is 2.22. The van der Waals surface area contributed by atoms with E-state index in [1.807, 2.05) is 0 Å². The first-order valence-corrected chi connectivity index (χ1v) is 30.7. The molecule has 3 aromatic carbocycles. The Balaban J connectivity index is 1.66. The lowest BCUT2D eigenvalue weighted by Crippen LogP contribution is -2.70. The quantitative estimate of drug-likeness (QED) is 0.0252. The molecule has 1 saturated heterocycles. The summed E-state index contributed by atoms with van der Waals surface area (Å²) < 4.78 is 72.6. The van der Waals surface area contributed by atoms with E-state index in [4.69, 9.17) is 10.3 Å². The molecule has 0 saturated carbocycles. The number of nitrogens with zero attached hydrogens (tertiary/aromatic N) is 1. The van der Waals surface area contributed by atoms with Gasteiger partial charge in [-0.05, 0) is 77.8 Å². The number of benzene rings is 3. The largest absolute Gasteiger partial charge is 0.508 e. The van der Waals surface area contributed by atoms with Gasteiger partial charge in [0.2, 0.25) is 47.3 Å². The first-order chi connectivity index (χ1) is 42.1. The molecule has 1 aliphatic heterocycles. The van der Waals surface area contributed by atoms with Crippen molar-refractivity contribution in [3.05, 3.63) is 89.5 Å². The maximum Gasteiger partial charge on any atom is 0.446 e. The van der Waals surface area contributed by atoms with E-state index in [-0.39, 0.29) is 60.6 Å². The topological polar surface area (TPSA) is 537 Å². The number of hydrogen-bond acceptors (Lipinski definition) is 19. The Bertz CT molecular complexity index is 3300. The van der Waals surface area contributed by atoms with E-state index in [2.05, 4.69) is 51.3 Å². The first kappa shape index (κ1) is 73.4. The maximum atomic E-state index is 14.5. The summed E-state index contributed by atoms with van der Waals surface area (Å²) in [6, 6.07) is -0.0827. The molecule has 3 aromatic rings. The number of phenols is 1. The monoisotopic (exact) mass is 1310 g/mol. The molecule has 0 aromatic heterocycles. The molecule has 0 spiro atoms. The zero-order chi connectivity index (χ0) is 67.4. The number of phenolic OH excluding ortho intramolecular Hbond substituents is 1. The second kappa shape index (κ2) is 33.5. The Morgan fingerprint density at radius 2 is 0.956 bits per heavy atom. The zero-order valence-corrected chi connectivity index (χ0v) is 50.9. The summed E-state index contributed by atoms with van der Waals surface area (Å²) in [5.41, 5.74) is 9.80. The molecule has 33 nitrogen and oxygen atoms in total. The van der Waals surface area contributed by atoms with Crippen molar-refractivity contribution in [3.8, 4) is 17.2 Å². The van der Waals surface area contributed by atoms with E-state index in [0.29, 0.717) is 12.0 Å². The van der Waals surface area contributed by atoms with Crippen molar-refractivity contribution in [2.75, 3.05) is 13.2 Å². The highest BCUT2D eigenvalue weighted by molar-refractivity contribution is 7.81. The molecule has 35 heteroatoms. The molecule has 4 rings (SSSR count). The second-order valence-electron chi connectivity index (χ2n) is 21.3. The fraction of sp³-hybridized carbons (Fsp3) is 0.473. The number of primary amides is 1. The number of hydrogen-bond donors (Lipinski definition) is 15. The molecule has 0 bridgehead atoms. The Hall–Kier alpha value is -9.03. The summed E-state index contributed by atoms with van der Waals surface area (Å²) in [4.78, 5) is 151. The highest BCUT2D eigenvalue weighted by Gasteiger charge is 2.41. The Labute approximate surface area is 516 Å². The smallest absolute Gasteiger partial charge is 0.446 e. The van der Waals surface area contributed by atoms with E-state index >= 15 is 0 Å². The summed E-state index contributed by atoms with van der Waals surface area (Å²) in [6.07, 6.45) is -2.56. The molecule has 90 heavy (non-hydrogen) atoms. The average Bonchev–Trinajstić information content (AvgIpc) is 2.41. The van der Waals surface area contributed by atoms with Crippen molar-refractivity contribution in [2.24, 2.45) is 17.6 Å². The van der Waals surface area contributed by atoms with Crippen molar-refractivity contribution >= 4 is 85.9 Å². The molecular weight excluding hydrogens is 1230 g/mol. The standard InChI is InChI=1S/C55H74N10O23S2/c1-5-28(3)45(52(76)61-39(25-43(57)68)49(73)58-37(22-31-11-17-34(18-12-31)87-89(81,82)83)48(72)62-41(55(79)80)24-30-9-15-33(67)16-10-30)63-50(74)40(26-44(69)70)59-47(71)38(23-32-13-19-35(20-14-32)88-90(84,85)86)60-53(77)46(29(4)6-2)64-51(75)42-8-7-21-65(42)54(78)36(56)27-66/h9-20,28-29,36-42,45-46,66-67H,5-8,21-27,56H2,1-4H3,(H2,57,68)(H,58,73)(H,59,71)(H,60,77)(H,61,76)(H,62,72)(H,63,74)(H,64,75)(H,69,70)(H,79,80)(H,81,82,83)(H,84,85,86)/p+1/t28-,29-,36-,37-,38-,39-,40-,41-,42-,45-,46-/m0/s1. The van der Waals surface area contributed by atoms with Crippen LogP contribution in [0.15, 0.2) is 72.8 Å². The van der Waals surface area contributed by atoms with Gasteiger partial charge in [-0.15, -0.1) is 0 Å². The van der Waals surface area contributed by atoms with Crippen molar-refractivity contribution in [3.63, 3.8) is 0 Å². The number of nitrogens with one attached hydrogen (secondary N) is 7. The van der Waals surface area contributed by atoms with Gasteiger partial charge in [0.1, 0.15) is 72.2 Å². The Morgan fingerprint density at radius 3 is 1.38 bits per heavy atom. The van der Waals surface area contributed by atoms with Crippen LogP contribution in [0.4, 0.5) is 0 Å². The third-order valence-electron chi connectivity index (χ3n) is 14.4. The fourth-order valence-corrected chi connectivity index (χ4v) is 9.93. The average molecular weight is 1310 g/mol. The summed E-state index contributed by atoms with van der Waals surface area (Å²) >= 11 is 0. The van der Waals surface area contributed by atoms with Crippen LogP contribution in [-0.2, 0) is 92.8 Å². The summed E-state index contributed by atoms with van der Waals surface area (Å²) in [6.45, 7) is 5.84. The number of quaternary nitrogens is 1. The van der Waals surface area contributed by atoms with Gasteiger partial charge in [0, 0.05) is 25.8 Å². The van der Waals surface area contributed by atoms with E-state index in [9.17, 15) is 94.6 Å². The lowest BCUT2D eigenvalue weighted by molar-refractivity contribution is -0.411. The lowest BCUT2D eigenvalue weighted by Gasteiger charge is -2.30. The van der Waals surface area contributed by atoms with Gasteiger partial charge in [0.25, 0.3) is 5.91 Å². The molecule has 11 atom stereocenters. The number of amides is 9. The van der Waals surface area contributed by atoms with E-state index in [1.165, 1.54) is 60.4 Å². The summed E-state index contributed by atoms with van der Waals surface area (Å²) in [5, 5.41) is 56.2. The van der Waals surface area contributed by atoms with Crippen LogP contribution in [0, 0.1) is 11.8 Å². The molecule has 1 heterocycles. The third kappa shape index (κ3) is 23.5. The van der Waals surface area contributed by atoms with Crippen LogP contribution in [0.2, 0.25) is 0 Å². The predicted molar refractivity (Wildman–Crippen MR) is 311 cm³/mol. The fourth-order valence-electron chi connectivity index (χ4n) is 9.22. The molecule has 0 radical (unpaired) electrons. The van der Waals surface area contributed by atoms with Gasteiger partial charge in [-0.1, -0.05) is 76.9 Å². The number of aliphatic hydroxyl groups excluding tert-OH is 1. The number of nitrogens with two attached hydrogens (primary N) is 1. The summed E-state index contributed by atoms with van der Waals surface area (Å²) in [5.74, 6) is -15.4. The number of aliphatic carboxylic acids is 2. The number of rotatable bonds is 35. The van der Waals surface area contributed by atoms with Crippen LogP contribution in [0.3, 0.4) is 0 Å². The molecule has 1 aliphatic rings. The van der Waals surface area contributed by atoms with E-state index < -0.39 is 184 Å². The number of carboxylic acids is 2. The maximum absolute atomic E-state index is 14.5. The van der Waals surface area contributed by atoms with Crippen LogP contribution in [-0.4, -0.2) is 184 Å². The number of carbonyl (C=O) groups excluding carboxylic acids is 9. The van der Waals surface area contributed by atoms with Crippen molar-refractivity contribution in [1.29, 1.82) is 0 Å². The number of carbonyl (C=O) groups is 11. The van der Waals surface area contributed by atoms with E-state index in [0.717, 1.165) is 24.3 Å². The normalized spacial score (nSPS) is 16.5. The Kier molecular flexibility index (Phi) is 27.4. The highest BCUT2D eigenvalue weighted by atomic mass is 32.3. The molecule has 0 unspecified atom stereocenters. The van der Waals surface area contributed by atoms with E-state index in [1.54, 1.807) is 20.8 Å². The minimum Gasteiger partial charge on any atom is -0.508 e. The van der Waals surface area contributed by atoms with Crippen molar-refractivity contribution in [2.45, 2.75) is 140 Å². The van der Waals surface area contributed by atoms with Crippen LogP contribution in [0.25, 0.3) is 0 Å². The van der Waals surface area contributed by atoms with Crippen molar-refractivity contribution < 1.29 is 113 Å². The lowest BCUT2D eigenvalue weighted by atomic mass is 9.96. The van der Waals surface area contributed by atoms with Gasteiger partial charge in [0.05, 0.1) is 12.8 Å². The predicted octanol–water partition coefficient (Wildman–Crippen LogP) is -3.70. The van der Waals surface area contributed by atoms with Gasteiger partial charge in [-0.3, -0.25) is 57.1 Å². The number of aromatic hydroxyl groups is 1. The van der Waals surface area contributed by atoms with Gasteiger partial charge >= 0.3 is 32.7 Å². The number of likely N-dealkylation sites (tertiary alicyclic amines) is 1. The molecular formula is C55H75N10O23S2+. The SMILES string of the molecule is CC[C@H](C)[C@H](NC(=O)[C@H](CC(=O)O)NC(=O)[C@H](Cc1ccc(OS(=O)(=O)O)cc1)NC(=O)[C@@H](NC(=O)[C@@H]1CCCN1C(=O)[C@@H]([NH3+])CO)[C@@H](C)CC)C(=O)N[C@@H](CC(N)=O)C(=O)N[C@@H](Cc1ccc(OS(=O)(=O)O)cc1)C(=O)N[C@@H](Cc1ccc(O)cc1)C(=O)O. The van der Waals surface area contributed by atoms with Gasteiger partial charge < -0.3 is 82.4 Å². The molecule has 0 aliphatic carbocycles. The third-order valence-corrected chi connectivity index (χ3v) is 15.2. The molecule has 1 fully saturated rings. The van der Waals surface area contributed by atoms with Crippen LogP contribution < -0.4 is 57.1 Å². The van der Waals surface area contributed by atoms with Crippen LogP contribution >= 0.6 is 0 Å². The number of carboxylic acid groups (broad SMARTS) is 2. The molecule has 494 valence electrons. The minimum atomic E-state index is -4.99. The van der Waals surface area contributed by atoms with Crippen LogP contribution in [0.5, 0.6) is 17.2 Å². The van der Waals surface area contributed by atoms with Crippen molar-refractivity contribution in [1.82, 2.24) is 42.1 Å². The number of aliphatic hydroxyl groups is 1. The van der Waals surface area contributed by atoms with Gasteiger partial charge in [0.15, 0.2) is 6.04 Å². The summed E-state index contributed by atoms with van der Waals surface area (Å²) in [7, 11) is -9.97. The molecule has 9 amide bonds. The zero-order valence-electron chi connectivity index (χ0n) is 49.2. The minimum absolute atomic E-state index is 0.0797. The van der Waals surface area contributed by atoms with Gasteiger partial charge in [-0.25, -0.2) is 4.79 Å².